The number of benzene rings is 1. The number of anilines is 1. The summed E-state index contributed by atoms with van der Waals surface area (Å²) in [6.07, 6.45) is 1.93. The first-order valence-electron chi connectivity index (χ1n) is 7.64. The van der Waals surface area contributed by atoms with Gasteiger partial charge in [-0.2, -0.15) is 0 Å². The Morgan fingerprint density at radius 1 is 1.33 bits per heavy atom. The van der Waals surface area contributed by atoms with Gasteiger partial charge in [0.2, 0.25) is 5.91 Å². The van der Waals surface area contributed by atoms with E-state index in [0.717, 1.165) is 24.3 Å². The number of hydrogen-bond donors (Lipinski definition) is 2. The highest BCUT2D eigenvalue weighted by atomic mass is 16.5. The molecule has 4 nitrogen and oxygen atoms in total. The second kappa shape index (κ2) is 8.55. The number of amides is 1. The van der Waals surface area contributed by atoms with Crippen molar-refractivity contribution < 1.29 is 9.53 Å². The monoisotopic (exact) mass is 292 g/mol. The fraction of sp³-hybridized carbons (Fsp3) is 0.588. The lowest BCUT2D eigenvalue weighted by Gasteiger charge is -2.22. The van der Waals surface area contributed by atoms with Gasteiger partial charge in [0, 0.05) is 19.5 Å². The molecule has 1 rings (SSSR count). The number of aryl methyl sites for hydroxylation is 1. The third-order valence-electron chi connectivity index (χ3n) is 3.37. The van der Waals surface area contributed by atoms with Crippen molar-refractivity contribution in [2.45, 2.75) is 46.6 Å². The van der Waals surface area contributed by atoms with Crippen LogP contribution in [0.5, 0.6) is 5.75 Å². The maximum atomic E-state index is 11.3. The minimum absolute atomic E-state index is 0.0109. The van der Waals surface area contributed by atoms with Gasteiger partial charge in [-0.3, -0.25) is 4.79 Å². The van der Waals surface area contributed by atoms with Crippen LogP contribution in [0.15, 0.2) is 18.2 Å². The van der Waals surface area contributed by atoms with E-state index in [9.17, 15) is 4.79 Å². The molecule has 0 aliphatic carbocycles. The number of hydrogen-bond acceptors (Lipinski definition) is 3. The Hall–Kier alpha value is -1.71. The van der Waals surface area contributed by atoms with Crippen LogP contribution in [0.1, 0.15) is 39.7 Å². The predicted molar refractivity (Wildman–Crippen MR) is 87.9 cm³/mol. The number of ether oxygens (including phenoxy) is 1. The minimum Gasteiger partial charge on any atom is -0.495 e. The third kappa shape index (κ3) is 6.06. The van der Waals surface area contributed by atoms with E-state index in [1.54, 1.807) is 14.0 Å². The average Bonchev–Trinajstić information content (AvgIpc) is 2.43. The van der Waals surface area contributed by atoms with Crippen LogP contribution in [0.2, 0.25) is 0 Å². The van der Waals surface area contributed by atoms with Crippen molar-refractivity contribution in [1.29, 1.82) is 0 Å². The number of methoxy groups -OCH3 is 1. The third-order valence-corrected chi connectivity index (χ3v) is 3.37. The zero-order chi connectivity index (χ0) is 15.8. The summed E-state index contributed by atoms with van der Waals surface area (Å²) in [7, 11) is 1.67. The Bertz CT molecular complexity index is 458. The zero-order valence-electron chi connectivity index (χ0n) is 13.8. The van der Waals surface area contributed by atoms with Gasteiger partial charge in [0.25, 0.3) is 0 Å². The Morgan fingerprint density at radius 2 is 2.05 bits per heavy atom. The molecule has 1 unspecified atom stereocenters. The van der Waals surface area contributed by atoms with Crippen molar-refractivity contribution in [3.63, 3.8) is 0 Å². The lowest BCUT2D eigenvalue weighted by molar-refractivity contribution is -0.119. The molecule has 0 spiro atoms. The summed E-state index contributed by atoms with van der Waals surface area (Å²) in [4.78, 5) is 11.3. The summed E-state index contributed by atoms with van der Waals surface area (Å²) >= 11 is 0. The van der Waals surface area contributed by atoms with Crippen LogP contribution in [0.4, 0.5) is 5.69 Å². The lowest BCUT2D eigenvalue weighted by Crippen LogP contribution is -2.39. The van der Waals surface area contributed by atoms with Crippen molar-refractivity contribution in [2.24, 2.45) is 5.92 Å². The Morgan fingerprint density at radius 3 is 2.57 bits per heavy atom. The first kappa shape index (κ1) is 17.3. The summed E-state index contributed by atoms with van der Waals surface area (Å²) in [6.45, 7) is 8.71. The van der Waals surface area contributed by atoms with E-state index in [-0.39, 0.29) is 11.9 Å². The highest BCUT2D eigenvalue weighted by Gasteiger charge is 2.13. The molecular weight excluding hydrogens is 264 g/mol. The van der Waals surface area contributed by atoms with Crippen LogP contribution < -0.4 is 15.4 Å². The molecule has 1 aromatic carbocycles. The molecule has 0 radical (unpaired) electrons. The Kier molecular flexibility index (Phi) is 7.06. The molecular formula is C17H28N2O2. The molecule has 1 aromatic rings. The van der Waals surface area contributed by atoms with Crippen molar-refractivity contribution in [1.82, 2.24) is 5.32 Å². The quantitative estimate of drug-likeness (QED) is 0.773. The van der Waals surface area contributed by atoms with Crippen LogP contribution in [0.25, 0.3) is 0 Å². The fourth-order valence-corrected chi connectivity index (χ4v) is 2.40. The van der Waals surface area contributed by atoms with Gasteiger partial charge in [0.15, 0.2) is 0 Å². The molecule has 0 heterocycles. The van der Waals surface area contributed by atoms with E-state index >= 15 is 0 Å². The van der Waals surface area contributed by atoms with Gasteiger partial charge in [-0.05, 0) is 36.5 Å². The highest BCUT2D eigenvalue weighted by molar-refractivity contribution is 5.73. The van der Waals surface area contributed by atoms with Crippen molar-refractivity contribution in [3.8, 4) is 5.75 Å². The summed E-state index contributed by atoms with van der Waals surface area (Å²) in [5, 5.41) is 6.42. The van der Waals surface area contributed by atoms with Gasteiger partial charge in [0.05, 0.1) is 12.8 Å². The molecule has 118 valence electrons. The maximum absolute atomic E-state index is 11.3. The summed E-state index contributed by atoms with van der Waals surface area (Å²) in [5.74, 6) is 1.38. The van der Waals surface area contributed by atoms with E-state index in [0.29, 0.717) is 12.5 Å². The molecule has 0 aliphatic rings. The maximum Gasteiger partial charge on any atom is 0.217 e. The second-order valence-corrected chi connectivity index (χ2v) is 5.80. The van der Waals surface area contributed by atoms with E-state index in [1.165, 1.54) is 5.56 Å². The van der Waals surface area contributed by atoms with Gasteiger partial charge in [-0.15, -0.1) is 0 Å². The van der Waals surface area contributed by atoms with E-state index in [2.05, 4.69) is 43.5 Å². The number of nitrogens with one attached hydrogen (secondary N) is 2. The van der Waals surface area contributed by atoms with E-state index in [4.69, 9.17) is 4.74 Å². The smallest absolute Gasteiger partial charge is 0.217 e. The van der Waals surface area contributed by atoms with Crippen molar-refractivity contribution in [3.05, 3.63) is 23.8 Å². The van der Waals surface area contributed by atoms with E-state index < -0.39 is 0 Å². The summed E-state index contributed by atoms with van der Waals surface area (Å²) in [6, 6.07) is 6.29. The molecule has 4 heteroatoms. The molecule has 1 amide bonds. The predicted octanol–water partition coefficient (Wildman–Crippen LogP) is 3.22. The van der Waals surface area contributed by atoms with Gasteiger partial charge >= 0.3 is 0 Å². The molecule has 21 heavy (non-hydrogen) atoms. The first-order chi connectivity index (χ1) is 9.96. The van der Waals surface area contributed by atoms with Crippen LogP contribution in [-0.2, 0) is 11.2 Å². The Labute approximate surface area is 128 Å². The molecule has 1 atom stereocenters. The largest absolute Gasteiger partial charge is 0.495 e. The molecule has 2 N–H and O–H groups in total. The van der Waals surface area contributed by atoms with Gasteiger partial charge in [-0.25, -0.2) is 0 Å². The molecule has 0 bridgehead atoms. The summed E-state index contributed by atoms with van der Waals surface area (Å²) in [5.41, 5.74) is 2.24. The van der Waals surface area contributed by atoms with Crippen LogP contribution in [-0.4, -0.2) is 25.6 Å². The average molecular weight is 292 g/mol. The van der Waals surface area contributed by atoms with Crippen LogP contribution >= 0.6 is 0 Å². The van der Waals surface area contributed by atoms with Crippen molar-refractivity contribution >= 4 is 11.6 Å². The number of carbonyl (C=O) groups is 1. The van der Waals surface area contributed by atoms with Crippen LogP contribution in [0.3, 0.4) is 0 Å². The fourth-order valence-electron chi connectivity index (χ4n) is 2.40. The SMILES string of the molecule is CCc1ccc(OC)c(NCC(CC(C)C)NC(C)=O)c1. The van der Waals surface area contributed by atoms with Crippen LogP contribution in [0, 0.1) is 5.92 Å². The molecule has 0 saturated carbocycles. The van der Waals surface area contributed by atoms with Gasteiger partial charge in [-0.1, -0.05) is 26.8 Å². The first-order valence-corrected chi connectivity index (χ1v) is 7.64. The standard InChI is InChI=1S/C17H28N2O2/c1-6-14-7-8-17(21-5)16(10-14)18-11-15(9-12(2)3)19-13(4)20/h7-8,10,12,15,18H,6,9,11H2,1-5H3,(H,19,20). The normalized spacial score (nSPS) is 12.1. The summed E-state index contributed by atoms with van der Waals surface area (Å²) < 4.78 is 5.39. The Balaban J connectivity index is 2.75. The lowest BCUT2D eigenvalue weighted by atomic mass is 10.0. The zero-order valence-corrected chi connectivity index (χ0v) is 13.8. The molecule has 0 aromatic heterocycles. The minimum atomic E-state index is 0.0109. The van der Waals surface area contributed by atoms with Gasteiger partial charge < -0.3 is 15.4 Å². The number of carbonyl (C=O) groups excluding carboxylic acids is 1. The topological polar surface area (TPSA) is 50.4 Å². The van der Waals surface area contributed by atoms with E-state index in [1.807, 2.05) is 6.07 Å². The highest BCUT2D eigenvalue weighted by Crippen LogP contribution is 2.25. The molecule has 0 saturated heterocycles. The van der Waals surface area contributed by atoms with Crippen molar-refractivity contribution in [2.75, 3.05) is 19.0 Å². The molecule has 0 fully saturated rings. The molecule has 0 aliphatic heterocycles. The second-order valence-electron chi connectivity index (χ2n) is 5.80. The number of rotatable bonds is 8. The van der Waals surface area contributed by atoms with Gasteiger partial charge in [0.1, 0.15) is 5.75 Å².